The van der Waals surface area contributed by atoms with Crippen LogP contribution in [0.5, 0.6) is 0 Å². The molecule has 90 valence electrons. The highest BCUT2D eigenvalue weighted by Gasteiger charge is 2.32. The molecule has 1 saturated carbocycles. The van der Waals surface area contributed by atoms with Gasteiger partial charge in [-0.15, -0.1) is 0 Å². The minimum absolute atomic E-state index is 0.217. The standard InChI is InChI=1S/C11H17NO4/c12-9(11(13)14)3-4-15-16-10-6-7-1-2-8(10)5-7/h7,9H,1-6,12H2,(H,13,14)/t7?,9-/m0/s1. The summed E-state index contributed by atoms with van der Waals surface area (Å²) in [5, 5.41) is 8.55. The molecule has 2 aliphatic carbocycles. The first-order valence-corrected chi connectivity index (χ1v) is 5.65. The Morgan fingerprint density at radius 2 is 2.38 bits per heavy atom. The summed E-state index contributed by atoms with van der Waals surface area (Å²) in [4.78, 5) is 20.6. The van der Waals surface area contributed by atoms with Crippen molar-refractivity contribution in [1.82, 2.24) is 0 Å². The molecule has 0 heterocycles. The fourth-order valence-corrected chi connectivity index (χ4v) is 2.27. The summed E-state index contributed by atoms with van der Waals surface area (Å²) < 4.78 is 0. The third-order valence-electron chi connectivity index (χ3n) is 3.25. The van der Waals surface area contributed by atoms with Crippen molar-refractivity contribution < 1.29 is 19.7 Å². The summed E-state index contributed by atoms with van der Waals surface area (Å²) in [5.74, 6) is 0.695. The number of carboxylic acid groups (broad SMARTS) is 1. The normalized spacial score (nSPS) is 24.9. The lowest BCUT2D eigenvalue weighted by Gasteiger charge is -2.12. The number of nitrogens with two attached hydrogens (primary N) is 1. The summed E-state index contributed by atoms with van der Waals surface area (Å²) in [6.07, 6.45) is 4.78. The molecular formula is C11H17NO4. The second-order valence-electron chi connectivity index (χ2n) is 4.48. The molecule has 0 radical (unpaired) electrons. The molecule has 0 spiro atoms. The van der Waals surface area contributed by atoms with E-state index >= 15 is 0 Å². The number of aliphatic carboxylic acids is 1. The molecule has 1 fully saturated rings. The molecule has 2 aliphatic rings. The van der Waals surface area contributed by atoms with Gasteiger partial charge in [0.1, 0.15) is 11.8 Å². The van der Waals surface area contributed by atoms with Crippen LogP contribution in [0.3, 0.4) is 0 Å². The first-order chi connectivity index (χ1) is 7.66. The van der Waals surface area contributed by atoms with E-state index in [9.17, 15) is 4.79 Å². The molecule has 0 aromatic heterocycles. The molecule has 5 heteroatoms. The van der Waals surface area contributed by atoms with E-state index in [-0.39, 0.29) is 13.0 Å². The number of rotatable bonds is 6. The van der Waals surface area contributed by atoms with Gasteiger partial charge < -0.3 is 15.7 Å². The monoisotopic (exact) mass is 227 g/mol. The molecule has 2 atom stereocenters. The Bertz CT molecular complexity index is 313. The summed E-state index contributed by atoms with van der Waals surface area (Å²) >= 11 is 0. The number of allylic oxidation sites excluding steroid dienone is 2. The largest absolute Gasteiger partial charge is 0.480 e. The van der Waals surface area contributed by atoms with Gasteiger partial charge in [0.25, 0.3) is 0 Å². The molecule has 16 heavy (non-hydrogen) atoms. The van der Waals surface area contributed by atoms with E-state index in [1.807, 2.05) is 0 Å². The third kappa shape index (κ3) is 2.54. The smallest absolute Gasteiger partial charge is 0.320 e. The van der Waals surface area contributed by atoms with Crippen molar-refractivity contribution >= 4 is 5.97 Å². The Morgan fingerprint density at radius 1 is 1.56 bits per heavy atom. The number of hydrogen-bond donors (Lipinski definition) is 2. The second kappa shape index (κ2) is 4.84. The Kier molecular flexibility index (Phi) is 3.46. The molecule has 0 aromatic carbocycles. The van der Waals surface area contributed by atoms with Gasteiger partial charge in [-0.25, -0.2) is 0 Å². The minimum atomic E-state index is -1.01. The van der Waals surface area contributed by atoms with Crippen LogP contribution in [0, 0.1) is 5.92 Å². The van der Waals surface area contributed by atoms with Crippen molar-refractivity contribution in [2.24, 2.45) is 11.7 Å². The first kappa shape index (κ1) is 11.4. The number of carbonyl (C=O) groups is 1. The Balaban J connectivity index is 1.64. The van der Waals surface area contributed by atoms with E-state index in [0.717, 1.165) is 30.9 Å². The van der Waals surface area contributed by atoms with Gasteiger partial charge in [-0.3, -0.25) is 4.79 Å². The van der Waals surface area contributed by atoms with E-state index in [1.54, 1.807) is 0 Å². The van der Waals surface area contributed by atoms with Gasteiger partial charge in [0.2, 0.25) is 0 Å². The van der Waals surface area contributed by atoms with E-state index in [1.165, 1.54) is 12.0 Å². The van der Waals surface area contributed by atoms with Crippen LogP contribution in [-0.4, -0.2) is 23.7 Å². The summed E-state index contributed by atoms with van der Waals surface area (Å²) in [6.45, 7) is 0.217. The maximum Gasteiger partial charge on any atom is 0.320 e. The van der Waals surface area contributed by atoms with Gasteiger partial charge in [-0.2, -0.15) is 4.89 Å². The van der Waals surface area contributed by atoms with Gasteiger partial charge in [-0.05, 0) is 30.8 Å². The van der Waals surface area contributed by atoms with Crippen molar-refractivity contribution in [3.63, 3.8) is 0 Å². The molecule has 0 aromatic rings. The lowest BCUT2D eigenvalue weighted by Crippen LogP contribution is -2.31. The van der Waals surface area contributed by atoms with Crippen LogP contribution in [0.15, 0.2) is 11.3 Å². The number of carboxylic acids is 1. The predicted octanol–water partition coefficient (Wildman–Crippen LogP) is 1.19. The lowest BCUT2D eigenvalue weighted by molar-refractivity contribution is -0.265. The van der Waals surface area contributed by atoms with Gasteiger partial charge in [0.15, 0.2) is 0 Å². The SMILES string of the molecule is N[C@@H](CCOOC1=C2CCC(C2)C1)C(=O)O. The zero-order valence-electron chi connectivity index (χ0n) is 9.15. The van der Waals surface area contributed by atoms with Crippen molar-refractivity contribution in [3.05, 3.63) is 11.3 Å². The first-order valence-electron chi connectivity index (χ1n) is 5.65. The number of hydrogen-bond acceptors (Lipinski definition) is 4. The van der Waals surface area contributed by atoms with Crippen LogP contribution in [0.25, 0.3) is 0 Å². The molecule has 2 rings (SSSR count). The molecule has 0 amide bonds. The average Bonchev–Trinajstić information content (AvgIpc) is 2.85. The van der Waals surface area contributed by atoms with Gasteiger partial charge in [0, 0.05) is 12.8 Å². The molecule has 5 nitrogen and oxygen atoms in total. The Morgan fingerprint density at radius 3 is 2.94 bits per heavy atom. The lowest BCUT2D eigenvalue weighted by atomic mass is 10.1. The maximum absolute atomic E-state index is 10.4. The van der Waals surface area contributed by atoms with Crippen LogP contribution in [0.1, 0.15) is 32.1 Å². The minimum Gasteiger partial charge on any atom is -0.480 e. The van der Waals surface area contributed by atoms with Crippen LogP contribution >= 0.6 is 0 Å². The topological polar surface area (TPSA) is 81.8 Å². The van der Waals surface area contributed by atoms with Crippen LogP contribution in [-0.2, 0) is 14.6 Å². The van der Waals surface area contributed by atoms with Gasteiger partial charge in [0.05, 0.1) is 6.61 Å². The Hall–Kier alpha value is -1.07. The third-order valence-corrected chi connectivity index (χ3v) is 3.25. The zero-order valence-corrected chi connectivity index (χ0v) is 9.15. The molecule has 2 bridgehead atoms. The fourth-order valence-electron chi connectivity index (χ4n) is 2.27. The quantitative estimate of drug-likeness (QED) is 0.404. The summed E-state index contributed by atoms with van der Waals surface area (Å²) in [6, 6.07) is -0.874. The van der Waals surface area contributed by atoms with E-state index in [0.29, 0.717) is 0 Å². The highest BCUT2D eigenvalue weighted by atomic mass is 17.2. The van der Waals surface area contributed by atoms with Crippen LogP contribution in [0.4, 0.5) is 0 Å². The maximum atomic E-state index is 10.4. The van der Waals surface area contributed by atoms with E-state index in [2.05, 4.69) is 0 Å². The highest BCUT2D eigenvalue weighted by molar-refractivity contribution is 5.72. The fraction of sp³-hybridized carbons (Fsp3) is 0.727. The summed E-state index contributed by atoms with van der Waals surface area (Å²) in [5.41, 5.74) is 6.69. The van der Waals surface area contributed by atoms with Crippen molar-refractivity contribution in [3.8, 4) is 0 Å². The van der Waals surface area contributed by atoms with Gasteiger partial charge in [-0.1, -0.05) is 0 Å². The summed E-state index contributed by atoms with van der Waals surface area (Å²) in [7, 11) is 0. The zero-order chi connectivity index (χ0) is 11.5. The van der Waals surface area contributed by atoms with Crippen LogP contribution in [0.2, 0.25) is 0 Å². The van der Waals surface area contributed by atoms with E-state index in [4.69, 9.17) is 20.6 Å². The van der Waals surface area contributed by atoms with Crippen LogP contribution < -0.4 is 5.73 Å². The molecule has 0 aliphatic heterocycles. The highest BCUT2D eigenvalue weighted by Crippen LogP contribution is 2.44. The molecule has 3 N–H and O–H groups in total. The molecular weight excluding hydrogens is 210 g/mol. The average molecular weight is 227 g/mol. The Labute approximate surface area is 94.1 Å². The van der Waals surface area contributed by atoms with E-state index < -0.39 is 12.0 Å². The number of fused-ring (bicyclic) bond motifs is 2. The molecule has 1 unspecified atom stereocenters. The van der Waals surface area contributed by atoms with Gasteiger partial charge >= 0.3 is 5.97 Å². The predicted molar refractivity (Wildman–Crippen MR) is 56.2 cm³/mol. The van der Waals surface area contributed by atoms with Crippen molar-refractivity contribution in [2.75, 3.05) is 6.61 Å². The van der Waals surface area contributed by atoms with Crippen molar-refractivity contribution in [1.29, 1.82) is 0 Å². The second-order valence-corrected chi connectivity index (χ2v) is 4.48. The molecule has 0 saturated heterocycles. The van der Waals surface area contributed by atoms with Crippen molar-refractivity contribution in [2.45, 2.75) is 38.1 Å².